The Balaban J connectivity index is 2.67. The zero-order valence-electron chi connectivity index (χ0n) is 11.0. The van der Waals surface area contributed by atoms with Crippen molar-refractivity contribution in [3.63, 3.8) is 0 Å². The first-order chi connectivity index (χ1) is 9.88. The fourth-order valence-corrected chi connectivity index (χ4v) is 2.08. The first-order valence-electron chi connectivity index (χ1n) is 6.02. The number of esters is 1. The van der Waals surface area contributed by atoms with Crippen molar-refractivity contribution in [2.24, 2.45) is 0 Å². The van der Waals surface area contributed by atoms with Crippen LogP contribution in [-0.4, -0.2) is 30.0 Å². The van der Waals surface area contributed by atoms with E-state index in [1.165, 1.54) is 0 Å². The number of nitrogens with one attached hydrogen (secondary N) is 1. The van der Waals surface area contributed by atoms with Crippen LogP contribution in [0.5, 0.6) is 0 Å². The number of unbranched alkanes of at least 4 members (excludes halogenated alkanes) is 1. The quantitative estimate of drug-likeness (QED) is 0.468. The van der Waals surface area contributed by atoms with Crippen LogP contribution in [0.2, 0.25) is 20.2 Å². The molecule has 5 nitrogen and oxygen atoms in total. The van der Waals surface area contributed by atoms with Crippen molar-refractivity contribution in [3.8, 4) is 0 Å². The highest BCUT2D eigenvalue weighted by Gasteiger charge is 2.22. The monoisotopic (exact) mass is 372 g/mol. The number of ether oxygens (including phenoxy) is 1. The highest BCUT2D eigenvalue weighted by atomic mass is 35.5. The molecule has 9 heteroatoms. The molecule has 0 spiro atoms. The van der Waals surface area contributed by atoms with Crippen molar-refractivity contribution in [1.82, 2.24) is 10.3 Å². The van der Waals surface area contributed by atoms with Gasteiger partial charge in [0.25, 0.3) is 5.91 Å². The molecule has 1 aromatic heterocycles. The van der Waals surface area contributed by atoms with Crippen molar-refractivity contribution >= 4 is 58.3 Å². The highest BCUT2D eigenvalue weighted by molar-refractivity contribution is 6.52. The van der Waals surface area contributed by atoms with Gasteiger partial charge in [0.1, 0.15) is 5.15 Å². The van der Waals surface area contributed by atoms with Gasteiger partial charge in [0.05, 0.1) is 15.1 Å². The summed E-state index contributed by atoms with van der Waals surface area (Å²) in [5.74, 6) is -1.33. The third-order valence-electron chi connectivity index (χ3n) is 2.36. The van der Waals surface area contributed by atoms with E-state index in [0.29, 0.717) is 6.54 Å². The molecule has 1 aromatic rings. The number of carbonyl (C=O) groups is 2. The lowest BCUT2D eigenvalue weighted by molar-refractivity contribution is -0.124. The lowest BCUT2D eigenvalue weighted by atomic mass is 10.3. The molecule has 0 saturated carbocycles. The second-order valence-corrected chi connectivity index (χ2v) is 5.46. The molecule has 0 atom stereocenters. The predicted molar refractivity (Wildman–Crippen MR) is 82.5 cm³/mol. The van der Waals surface area contributed by atoms with E-state index in [9.17, 15) is 9.59 Å². The molecule has 116 valence electrons. The Morgan fingerprint density at radius 2 is 1.81 bits per heavy atom. The summed E-state index contributed by atoms with van der Waals surface area (Å²) in [6.45, 7) is 2.07. The number of halogens is 4. The van der Waals surface area contributed by atoms with Gasteiger partial charge in [-0.3, -0.25) is 4.79 Å². The molecule has 0 aliphatic heterocycles. The summed E-state index contributed by atoms with van der Waals surface area (Å²) in [6, 6.07) is 0. The van der Waals surface area contributed by atoms with Crippen molar-refractivity contribution in [2.75, 3.05) is 13.2 Å². The Morgan fingerprint density at radius 3 is 2.43 bits per heavy atom. The van der Waals surface area contributed by atoms with Crippen LogP contribution in [0, 0.1) is 0 Å². The van der Waals surface area contributed by atoms with E-state index < -0.39 is 18.5 Å². The summed E-state index contributed by atoms with van der Waals surface area (Å²) >= 11 is 23.1. The molecule has 0 radical (unpaired) electrons. The average molecular weight is 374 g/mol. The molecule has 0 bridgehead atoms. The number of hydrogen-bond acceptors (Lipinski definition) is 4. The largest absolute Gasteiger partial charge is 0.451 e. The molecule has 0 saturated heterocycles. The summed E-state index contributed by atoms with van der Waals surface area (Å²) in [5, 5.41) is 2.08. The minimum atomic E-state index is -0.911. The summed E-state index contributed by atoms with van der Waals surface area (Å²) in [4.78, 5) is 26.9. The van der Waals surface area contributed by atoms with Crippen molar-refractivity contribution in [1.29, 1.82) is 0 Å². The van der Waals surface area contributed by atoms with Crippen molar-refractivity contribution in [2.45, 2.75) is 19.8 Å². The zero-order chi connectivity index (χ0) is 16.0. The number of hydrogen-bond donors (Lipinski definition) is 1. The van der Waals surface area contributed by atoms with E-state index in [4.69, 9.17) is 51.1 Å². The lowest BCUT2D eigenvalue weighted by Gasteiger charge is -2.08. The lowest BCUT2D eigenvalue weighted by Crippen LogP contribution is -2.29. The van der Waals surface area contributed by atoms with Crippen LogP contribution in [0.3, 0.4) is 0 Å². The summed E-state index contributed by atoms with van der Waals surface area (Å²) < 4.78 is 4.79. The van der Waals surface area contributed by atoms with Gasteiger partial charge in [-0.25, -0.2) is 9.78 Å². The Kier molecular flexibility index (Phi) is 7.52. The minimum absolute atomic E-state index is 0.0582. The second-order valence-electron chi connectivity index (χ2n) is 3.97. The second kappa shape index (κ2) is 8.63. The predicted octanol–water partition coefficient (Wildman–Crippen LogP) is 3.77. The SMILES string of the molecule is CCCCNC(=O)COC(=O)c1nc(Cl)c(Cl)c(Cl)c1Cl. The van der Waals surface area contributed by atoms with E-state index in [1.54, 1.807) is 0 Å². The van der Waals surface area contributed by atoms with Gasteiger partial charge in [-0.05, 0) is 6.42 Å². The molecule has 1 N–H and O–H groups in total. The van der Waals surface area contributed by atoms with E-state index >= 15 is 0 Å². The first kappa shape index (κ1) is 18.3. The molecule has 0 unspecified atom stereocenters. The van der Waals surface area contributed by atoms with Crippen LogP contribution in [0.15, 0.2) is 0 Å². The fraction of sp³-hybridized carbons (Fsp3) is 0.417. The first-order valence-corrected chi connectivity index (χ1v) is 7.53. The summed E-state index contributed by atoms with van der Waals surface area (Å²) in [6.07, 6.45) is 1.79. The van der Waals surface area contributed by atoms with E-state index in [1.807, 2.05) is 6.92 Å². The summed E-state index contributed by atoms with van der Waals surface area (Å²) in [5.41, 5.74) is -0.294. The smallest absolute Gasteiger partial charge is 0.359 e. The maximum atomic E-state index is 11.8. The van der Waals surface area contributed by atoms with Crippen molar-refractivity contribution < 1.29 is 14.3 Å². The van der Waals surface area contributed by atoms with Gasteiger partial charge in [0, 0.05) is 6.54 Å². The van der Waals surface area contributed by atoms with Crippen LogP contribution in [0.1, 0.15) is 30.3 Å². The molecule has 21 heavy (non-hydrogen) atoms. The van der Waals surface area contributed by atoms with Crippen LogP contribution in [0.25, 0.3) is 0 Å². The Bertz CT molecular complexity index is 552. The van der Waals surface area contributed by atoms with Gasteiger partial charge >= 0.3 is 5.97 Å². The zero-order valence-corrected chi connectivity index (χ0v) is 14.0. The van der Waals surface area contributed by atoms with E-state index in [0.717, 1.165) is 12.8 Å². The molecule has 0 aliphatic rings. The maximum Gasteiger partial charge on any atom is 0.359 e. The maximum absolute atomic E-state index is 11.8. The molecular weight excluding hydrogens is 362 g/mol. The third-order valence-corrected chi connectivity index (χ3v) is 4.04. The fourth-order valence-electron chi connectivity index (χ4n) is 1.28. The number of aromatic nitrogens is 1. The molecular formula is C12H12Cl4N2O3. The topological polar surface area (TPSA) is 68.3 Å². The van der Waals surface area contributed by atoms with E-state index in [-0.39, 0.29) is 25.9 Å². The number of pyridine rings is 1. The van der Waals surface area contributed by atoms with E-state index in [2.05, 4.69) is 10.3 Å². The summed E-state index contributed by atoms with van der Waals surface area (Å²) in [7, 11) is 0. The van der Waals surface area contributed by atoms with Gasteiger partial charge in [-0.1, -0.05) is 59.7 Å². The van der Waals surface area contributed by atoms with Crippen LogP contribution < -0.4 is 5.32 Å². The van der Waals surface area contributed by atoms with Gasteiger partial charge in [0.15, 0.2) is 12.3 Å². The molecule has 1 heterocycles. The normalized spacial score (nSPS) is 10.3. The number of carbonyl (C=O) groups excluding carboxylic acids is 2. The highest BCUT2D eigenvalue weighted by Crippen LogP contribution is 2.36. The van der Waals surface area contributed by atoms with Crippen LogP contribution >= 0.6 is 46.4 Å². The van der Waals surface area contributed by atoms with Gasteiger partial charge in [0.2, 0.25) is 0 Å². The van der Waals surface area contributed by atoms with Gasteiger partial charge in [-0.2, -0.15) is 0 Å². The van der Waals surface area contributed by atoms with Gasteiger partial charge in [-0.15, -0.1) is 0 Å². The number of amides is 1. The molecule has 0 aromatic carbocycles. The average Bonchev–Trinajstić information content (AvgIpc) is 2.46. The number of rotatable bonds is 6. The van der Waals surface area contributed by atoms with Crippen LogP contribution in [-0.2, 0) is 9.53 Å². The standard InChI is InChI=1S/C12H12Cl4N2O3/c1-2-3-4-17-6(19)5-21-12(20)10-8(14)7(13)9(15)11(16)18-10/h2-5H2,1H3,(H,17,19). The Labute approximate surface area is 141 Å². The number of nitrogens with zero attached hydrogens (tertiary/aromatic N) is 1. The third kappa shape index (κ3) is 5.18. The van der Waals surface area contributed by atoms with Gasteiger partial charge < -0.3 is 10.1 Å². The molecule has 0 fully saturated rings. The van der Waals surface area contributed by atoms with Crippen molar-refractivity contribution in [3.05, 3.63) is 25.9 Å². The Morgan fingerprint density at radius 1 is 1.14 bits per heavy atom. The molecule has 1 amide bonds. The minimum Gasteiger partial charge on any atom is -0.451 e. The van der Waals surface area contributed by atoms with Crippen LogP contribution in [0.4, 0.5) is 0 Å². The molecule has 0 aliphatic carbocycles. The Hall–Kier alpha value is -0.750. The molecule has 1 rings (SSSR count).